The van der Waals surface area contributed by atoms with Gasteiger partial charge in [0.05, 0.1) is 0 Å². The molecule has 0 aliphatic heterocycles. The van der Waals surface area contributed by atoms with Crippen molar-refractivity contribution in [3.05, 3.63) is 92.6 Å². The summed E-state index contributed by atoms with van der Waals surface area (Å²) in [5, 5.41) is 7.28. The van der Waals surface area contributed by atoms with Crippen LogP contribution < -0.4 is 21.9 Å². The van der Waals surface area contributed by atoms with Gasteiger partial charge in [-0.2, -0.15) is 0 Å². The lowest BCUT2D eigenvalue weighted by atomic mass is 9.62. The van der Waals surface area contributed by atoms with E-state index in [0.29, 0.717) is 34.9 Å². The van der Waals surface area contributed by atoms with Crippen molar-refractivity contribution in [2.24, 2.45) is 10.8 Å². The van der Waals surface area contributed by atoms with Crippen LogP contribution in [0.5, 0.6) is 0 Å². The van der Waals surface area contributed by atoms with Crippen molar-refractivity contribution < 1.29 is 18.4 Å². The number of nitrogens with one attached hydrogen (secondary N) is 2. The van der Waals surface area contributed by atoms with Crippen LogP contribution in [0.2, 0.25) is 0 Å². The predicted molar refractivity (Wildman–Crippen MR) is 144 cm³/mol. The van der Waals surface area contributed by atoms with Crippen LogP contribution in [-0.2, 0) is 0 Å². The molecule has 2 heterocycles. The number of hydrogen-bond donors (Lipinski definition) is 2. The zero-order valence-electron chi connectivity index (χ0n) is 21.6. The molecule has 0 spiro atoms. The third-order valence-corrected chi connectivity index (χ3v) is 7.23. The lowest BCUT2D eigenvalue weighted by Gasteiger charge is -2.47. The molecule has 0 saturated heterocycles. The van der Waals surface area contributed by atoms with Crippen molar-refractivity contribution in [3.8, 4) is 0 Å². The van der Waals surface area contributed by atoms with Gasteiger partial charge in [-0.3, -0.25) is 9.59 Å². The Kier molecular flexibility index (Phi) is 6.42. The number of carbonyl (C=O) groups is 2. The highest BCUT2D eigenvalue weighted by Gasteiger charge is 2.42. The van der Waals surface area contributed by atoms with Gasteiger partial charge in [-0.25, -0.2) is 9.59 Å². The summed E-state index contributed by atoms with van der Waals surface area (Å²) in [5.41, 5.74) is -1.09. The van der Waals surface area contributed by atoms with Crippen molar-refractivity contribution in [2.45, 2.75) is 46.1 Å². The molecule has 2 N–H and O–H groups in total. The molecular formula is C30H30N2O6. The normalized spacial score (nSPS) is 20.8. The van der Waals surface area contributed by atoms with Crippen LogP contribution in [0, 0.1) is 10.8 Å². The Morgan fingerprint density at radius 2 is 1.34 bits per heavy atom. The first-order valence-corrected chi connectivity index (χ1v) is 12.7. The van der Waals surface area contributed by atoms with Crippen molar-refractivity contribution in [2.75, 3.05) is 6.54 Å². The number of carbonyl (C=O) groups excluding carboxylic acids is 2. The Morgan fingerprint density at radius 3 is 1.92 bits per heavy atom. The van der Waals surface area contributed by atoms with E-state index < -0.39 is 23.1 Å². The first-order valence-electron chi connectivity index (χ1n) is 12.7. The fourth-order valence-electron chi connectivity index (χ4n) is 5.96. The Balaban J connectivity index is 1.31. The SMILES string of the molecule is CC1(C)C[C@@H](NC(=O)c2cc3ccccc3oc2=O)C[C@@](C)(CNC(=O)c2cc3ccccc3oc2=O)C1. The average Bonchev–Trinajstić information content (AvgIpc) is 2.85. The summed E-state index contributed by atoms with van der Waals surface area (Å²) < 4.78 is 10.6. The van der Waals surface area contributed by atoms with Gasteiger partial charge in [0.15, 0.2) is 0 Å². The van der Waals surface area contributed by atoms with Gasteiger partial charge in [0.25, 0.3) is 11.8 Å². The van der Waals surface area contributed by atoms with Gasteiger partial charge in [-0.1, -0.05) is 57.2 Å². The highest BCUT2D eigenvalue weighted by atomic mass is 16.4. The maximum Gasteiger partial charge on any atom is 0.349 e. The first kappa shape index (κ1) is 25.4. The van der Waals surface area contributed by atoms with E-state index in [9.17, 15) is 19.2 Å². The third kappa shape index (κ3) is 5.25. The molecule has 1 aliphatic rings. The van der Waals surface area contributed by atoms with Crippen LogP contribution >= 0.6 is 0 Å². The van der Waals surface area contributed by atoms with Crippen molar-refractivity contribution in [1.82, 2.24) is 10.6 Å². The quantitative estimate of drug-likeness (QED) is 0.375. The van der Waals surface area contributed by atoms with Crippen LogP contribution in [0.1, 0.15) is 60.7 Å². The minimum Gasteiger partial charge on any atom is -0.422 e. The Bertz CT molecular complexity index is 1670. The number of benzene rings is 2. The molecule has 5 rings (SSSR count). The molecule has 2 atom stereocenters. The second-order valence-corrected chi connectivity index (χ2v) is 11.4. The molecular weight excluding hydrogens is 484 g/mol. The van der Waals surface area contributed by atoms with E-state index in [-0.39, 0.29) is 28.0 Å². The van der Waals surface area contributed by atoms with E-state index >= 15 is 0 Å². The summed E-state index contributed by atoms with van der Waals surface area (Å²) >= 11 is 0. The van der Waals surface area contributed by atoms with Crippen LogP contribution in [0.4, 0.5) is 0 Å². The summed E-state index contributed by atoms with van der Waals surface area (Å²) in [7, 11) is 0. The zero-order chi connectivity index (χ0) is 27.1. The van der Waals surface area contributed by atoms with Gasteiger partial charge in [0, 0.05) is 23.4 Å². The van der Waals surface area contributed by atoms with Crippen LogP contribution in [0.3, 0.4) is 0 Å². The summed E-state index contributed by atoms with van der Waals surface area (Å²) in [4.78, 5) is 51.0. The minimum atomic E-state index is -0.685. The molecule has 4 aromatic rings. The predicted octanol–water partition coefficient (Wildman–Crippen LogP) is 4.64. The number of amides is 2. The molecule has 0 radical (unpaired) electrons. The van der Waals surface area contributed by atoms with E-state index in [4.69, 9.17) is 8.83 Å². The van der Waals surface area contributed by atoms with Gasteiger partial charge in [0.1, 0.15) is 22.3 Å². The summed E-state index contributed by atoms with van der Waals surface area (Å²) in [6.45, 7) is 6.61. The highest BCUT2D eigenvalue weighted by molar-refractivity contribution is 5.97. The van der Waals surface area contributed by atoms with Gasteiger partial charge < -0.3 is 19.5 Å². The number of hydrogen-bond acceptors (Lipinski definition) is 6. The topological polar surface area (TPSA) is 119 Å². The first-order chi connectivity index (χ1) is 18.0. The van der Waals surface area contributed by atoms with Crippen molar-refractivity contribution >= 4 is 33.8 Å². The zero-order valence-corrected chi connectivity index (χ0v) is 21.6. The maximum atomic E-state index is 13.1. The van der Waals surface area contributed by atoms with E-state index in [1.54, 1.807) is 48.5 Å². The molecule has 8 heteroatoms. The Morgan fingerprint density at radius 1 is 0.816 bits per heavy atom. The van der Waals surface area contributed by atoms with E-state index in [0.717, 1.165) is 12.8 Å². The van der Waals surface area contributed by atoms with Crippen LogP contribution in [-0.4, -0.2) is 24.4 Å². The summed E-state index contributed by atoms with van der Waals surface area (Å²) in [6, 6.07) is 17.0. The second-order valence-electron chi connectivity index (χ2n) is 11.4. The van der Waals surface area contributed by atoms with Crippen molar-refractivity contribution in [1.29, 1.82) is 0 Å². The number of fused-ring (bicyclic) bond motifs is 2. The fraction of sp³-hybridized carbons (Fsp3) is 0.333. The largest absolute Gasteiger partial charge is 0.422 e. The molecule has 2 aromatic carbocycles. The van der Waals surface area contributed by atoms with Gasteiger partial charge in [-0.15, -0.1) is 0 Å². The highest BCUT2D eigenvalue weighted by Crippen LogP contribution is 2.45. The fourth-order valence-corrected chi connectivity index (χ4v) is 5.96. The van der Waals surface area contributed by atoms with Gasteiger partial charge in [-0.05, 0) is 54.4 Å². The molecule has 1 fully saturated rings. The Hall–Kier alpha value is -4.20. The van der Waals surface area contributed by atoms with Gasteiger partial charge in [0.2, 0.25) is 0 Å². The molecule has 38 heavy (non-hydrogen) atoms. The van der Waals surface area contributed by atoms with E-state index in [2.05, 4.69) is 31.4 Å². The lowest BCUT2D eigenvalue weighted by molar-refractivity contribution is 0.0590. The lowest BCUT2D eigenvalue weighted by Crippen LogP contribution is -2.51. The van der Waals surface area contributed by atoms with Crippen LogP contribution in [0.15, 0.2) is 79.1 Å². The van der Waals surface area contributed by atoms with Gasteiger partial charge >= 0.3 is 11.3 Å². The summed E-state index contributed by atoms with van der Waals surface area (Å²) in [5.74, 6) is -0.976. The Labute approximate surface area is 219 Å². The number of para-hydroxylation sites is 2. The molecule has 1 saturated carbocycles. The molecule has 196 valence electrons. The molecule has 0 bridgehead atoms. The molecule has 1 aliphatic carbocycles. The van der Waals surface area contributed by atoms with Crippen LogP contribution in [0.25, 0.3) is 21.9 Å². The standard InChI is InChI=1S/C30H30N2O6/c1-29(2)14-20(32-26(34)22-13-19-9-5-7-11-24(19)38-28(22)36)15-30(3,16-29)17-31-25(33)21-12-18-8-4-6-10-23(18)37-27(21)35/h4-13,20H,14-17H2,1-3H3,(H,31,33)(H,32,34)/t20-,30-/m1/s1. The second kappa shape index (κ2) is 9.59. The molecule has 2 aromatic heterocycles. The molecule has 8 nitrogen and oxygen atoms in total. The minimum absolute atomic E-state index is 0.0369. The summed E-state index contributed by atoms with van der Waals surface area (Å²) in [6.07, 6.45) is 2.11. The monoisotopic (exact) mass is 514 g/mol. The molecule has 0 unspecified atom stereocenters. The van der Waals surface area contributed by atoms with Crippen molar-refractivity contribution in [3.63, 3.8) is 0 Å². The maximum absolute atomic E-state index is 13.1. The smallest absolute Gasteiger partial charge is 0.349 e. The average molecular weight is 515 g/mol. The third-order valence-electron chi connectivity index (χ3n) is 7.23. The van der Waals surface area contributed by atoms with E-state index in [1.807, 2.05) is 12.1 Å². The van der Waals surface area contributed by atoms with E-state index in [1.165, 1.54) is 0 Å². The molecule has 2 amide bonds. The number of rotatable bonds is 5.